The molecule has 0 heterocycles. The minimum atomic E-state index is -0.383. The summed E-state index contributed by atoms with van der Waals surface area (Å²) in [5, 5.41) is 0. The highest BCUT2D eigenvalue weighted by atomic mass is 35.5. The molecule has 0 bridgehead atoms. The average Bonchev–Trinajstić information content (AvgIpc) is 1.59. The molecular formula is C7H17Cl2NO2. The van der Waals surface area contributed by atoms with Crippen LogP contribution in [-0.4, -0.2) is 18.1 Å². The molecule has 2 N–H and O–H groups in total. The zero-order valence-electron chi connectivity index (χ0n) is 7.62. The van der Waals surface area contributed by atoms with Crippen LogP contribution in [-0.2, 0) is 9.53 Å². The SMILES string of the molecule is CC(C)(C)OC(=O)CCN.Cl.Cl. The van der Waals surface area contributed by atoms with Crippen LogP contribution in [0.15, 0.2) is 0 Å². The second-order valence-electron chi connectivity index (χ2n) is 3.13. The van der Waals surface area contributed by atoms with E-state index < -0.39 is 0 Å². The van der Waals surface area contributed by atoms with Crippen LogP contribution in [0.1, 0.15) is 27.2 Å². The number of halogens is 2. The molecule has 5 heteroatoms. The standard InChI is InChI=1S/C7H15NO2.2ClH/c1-7(2,3)10-6(9)4-5-8;;/h4-5,8H2,1-3H3;2*1H. The highest BCUT2D eigenvalue weighted by Crippen LogP contribution is 2.07. The fourth-order valence-corrected chi connectivity index (χ4v) is 0.510. The number of rotatable bonds is 2. The molecule has 0 amide bonds. The van der Waals surface area contributed by atoms with E-state index in [1.54, 1.807) is 0 Å². The van der Waals surface area contributed by atoms with Crippen LogP contribution in [0.4, 0.5) is 0 Å². The van der Waals surface area contributed by atoms with E-state index in [4.69, 9.17) is 10.5 Å². The summed E-state index contributed by atoms with van der Waals surface area (Å²) in [5.74, 6) is -0.227. The smallest absolute Gasteiger partial charge is 0.307 e. The van der Waals surface area contributed by atoms with Crippen LogP contribution >= 0.6 is 24.8 Å². The Bertz CT molecular complexity index is 123. The number of carbonyl (C=O) groups excluding carboxylic acids is 1. The Morgan fingerprint density at radius 2 is 1.75 bits per heavy atom. The lowest BCUT2D eigenvalue weighted by Gasteiger charge is -2.18. The van der Waals surface area contributed by atoms with E-state index in [1.807, 2.05) is 20.8 Å². The molecule has 0 aromatic rings. The second-order valence-corrected chi connectivity index (χ2v) is 3.13. The first kappa shape index (κ1) is 17.9. The number of ether oxygens (including phenoxy) is 1. The number of esters is 1. The van der Waals surface area contributed by atoms with Crippen LogP contribution < -0.4 is 5.73 Å². The van der Waals surface area contributed by atoms with Crippen LogP contribution in [0.25, 0.3) is 0 Å². The van der Waals surface area contributed by atoms with Gasteiger partial charge in [-0.25, -0.2) is 0 Å². The van der Waals surface area contributed by atoms with Crippen molar-refractivity contribution in [3.05, 3.63) is 0 Å². The number of carbonyl (C=O) groups is 1. The van der Waals surface area contributed by atoms with Crippen molar-refractivity contribution in [3.8, 4) is 0 Å². The van der Waals surface area contributed by atoms with Crippen LogP contribution in [0.2, 0.25) is 0 Å². The molecule has 0 radical (unpaired) electrons. The average molecular weight is 218 g/mol. The minimum Gasteiger partial charge on any atom is -0.460 e. The zero-order valence-corrected chi connectivity index (χ0v) is 9.26. The summed E-state index contributed by atoms with van der Waals surface area (Å²) in [4.78, 5) is 10.8. The number of hydrogen-bond acceptors (Lipinski definition) is 3. The Kier molecular flexibility index (Phi) is 11.4. The van der Waals surface area contributed by atoms with Crippen molar-refractivity contribution >= 4 is 30.8 Å². The lowest BCUT2D eigenvalue weighted by atomic mass is 10.2. The van der Waals surface area contributed by atoms with Gasteiger partial charge >= 0.3 is 5.97 Å². The predicted molar refractivity (Wildman–Crippen MR) is 54.0 cm³/mol. The van der Waals surface area contributed by atoms with E-state index in [0.29, 0.717) is 13.0 Å². The van der Waals surface area contributed by atoms with E-state index in [2.05, 4.69) is 0 Å². The predicted octanol–water partition coefficient (Wildman–Crippen LogP) is 1.52. The van der Waals surface area contributed by atoms with Gasteiger partial charge in [-0.2, -0.15) is 0 Å². The summed E-state index contributed by atoms with van der Waals surface area (Å²) in [6.07, 6.45) is 0.303. The third-order valence-electron chi connectivity index (χ3n) is 0.768. The topological polar surface area (TPSA) is 52.3 Å². The molecule has 0 atom stereocenters. The van der Waals surface area contributed by atoms with Gasteiger partial charge in [-0.15, -0.1) is 24.8 Å². The van der Waals surface area contributed by atoms with Crippen molar-refractivity contribution in [2.75, 3.05) is 6.54 Å². The lowest BCUT2D eigenvalue weighted by Crippen LogP contribution is -2.25. The van der Waals surface area contributed by atoms with Crippen LogP contribution in [0.5, 0.6) is 0 Å². The van der Waals surface area contributed by atoms with Gasteiger partial charge in [0, 0.05) is 6.54 Å². The van der Waals surface area contributed by atoms with Gasteiger partial charge < -0.3 is 10.5 Å². The van der Waals surface area contributed by atoms with E-state index in [1.165, 1.54) is 0 Å². The first-order chi connectivity index (χ1) is 4.45. The molecule has 0 aliphatic heterocycles. The van der Waals surface area contributed by atoms with Gasteiger partial charge in [-0.3, -0.25) is 4.79 Å². The van der Waals surface area contributed by atoms with Crippen molar-refractivity contribution in [2.45, 2.75) is 32.8 Å². The van der Waals surface area contributed by atoms with E-state index in [0.717, 1.165) is 0 Å². The molecule has 0 aromatic carbocycles. The molecule has 12 heavy (non-hydrogen) atoms. The quantitative estimate of drug-likeness (QED) is 0.715. The fourth-order valence-electron chi connectivity index (χ4n) is 0.510. The van der Waals surface area contributed by atoms with Crippen molar-refractivity contribution in [1.82, 2.24) is 0 Å². The molecular weight excluding hydrogens is 201 g/mol. The van der Waals surface area contributed by atoms with Gasteiger partial charge in [0.05, 0.1) is 6.42 Å². The second kappa shape index (κ2) is 7.65. The Morgan fingerprint density at radius 3 is 2.00 bits per heavy atom. The van der Waals surface area contributed by atoms with Gasteiger partial charge in [-0.05, 0) is 20.8 Å². The molecule has 0 aromatic heterocycles. The number of nitrogens with two attached hydrogens (primary N) is 1. The third-order valence-corrected chi connectivity index (χ3v) is 0.768. The monoisotopic (exact) mass is 217 g/mol. The molecule has 76 valence electrons. The maximum absolute atomic E-state index is 10.8. The highest BCUT2D eigenvalue weighted by molar-refractivity contribution is 5.85. The van der Waals surface area contributed by atoms with Crippen LogP contribution in [0.3, 0.4) is 0 Å². The lowest BCUT2D eigenvalue weighted by molar-refractivity contribution is -0.154. The summed E-state index contributed by atoms with van der Waals surface area (Å²) < 4.78 is 4.96. The van der Waals surface area contributed by atoms with Gasteiger partial charge in [0.25, 0.3) is 0 Å². The first-order valence-corrected chi connectivity index (χ1v) is 3.37. The largest absolute Gasteiger partial charge is 0.460 e. The van der Waals surface area contributed by atoms with Gasteiger partial charge in [0.2, 0.25) is 0 Å². The number of hydrogen-bond donors (Lipinski definition) is 1. The summed E-state index contributed by atoms with van der Waals surface area (Å²) in [5.41, 5.74) is 4.76. The molecule has 0 rings (SSSR count). The Balaban J connectivity index is -0.000000405. The molecule has 3 nitrogen and oxygen atoms in total. The van der Waals surface area contributed by atoms with Crippen molar-refractivity contribution in [3.63, 3.8) is 0 Å². The molecule has 0 fully saturated rings. The van der Waals surface area contributed by atoms with Crippen LogP contribution in [0, 0.1) is 0 Å². The highest BCUT2D eigenvalue weighted by Gasteiger charge is 2.14. The maximum atomic E-state index is 10.8. The zero-order chi connectivity index (χ0) is 8.20. The third kappa shape index (κ3) is 12.7. The van der Waals surface area contributed by atoms with E-state index in [9.17, 15) is 4.79 Å². The normalized spacial score (nSPS) is 9.33. The van der Waals surface area contributed by atoms with Gasteiger partial charge in [0.1, 0.15) is 5.60 Å². The minimum absolute atomic E-state index is 0. The Morgan fingerprint density at radius 1 is 1.33 bits per heavy atom. The molecule has 0 saturated carbocycles. The maximum Gasteiger partial charge on any atom is 0.307 e. The molecule has 0 unspecified atom stereocenters. The summed E-state index contributed by atoms with van der Waals surface area (Å²) in [6.45, 7) is 5.86. The Labute approximate surface area is 85.9 Å². The first-order valence-electron chi connectivity index (χ1n) is 3.37. The molecule has 0 aliphatic carbocycles. The summed E-state index contributed by atoms with van der Waals surface area (Å²) in [7, 11) is 0. The van der Waals surface area contributed by atoms with Gasteiger partial charge in [-0.1, -0.05) is 0 Å². The fraction of sp³-hybridized carbons (Fsp3) is 0.857. The summed E-state index contributed by atoms with van der Waals surface area (Å²) >= 11 is 0. The van der Waals surface area contributed by atoms with Gasteiger partial charge in [0.15, 0.2) is 0 Å². The van der Waals surface area contributed by atoms with E-state index in [-0.39, 0.29) is 36.4 Å². The van der Waals surface area contributed by atoms with E-state index >= 15 is 0 Å². The molecule has 0 saturated heterocycles. The van der Waals surface area contributed by atoms with Crippen molar-refractivity contribution < 1.29 is 9.53 Å². The molecule has 0 spiro atoms. The molecule has 0 aliphatic rings. The Hall–Kier alpha value is 0.01000. The van der Waals surface area contributed by atoms with Crippen molar-refractivity contribution in [2.24, 2.45) is 5.73 Å². The summed E-state index contributed by atoms with van der Waals surface area (Å²) in [6, 6.07) is 0. The van der Waals surface area contributed by atoms with Crippen molar-refractivity contribution in [1.29, 1.82) is 0 Å².